The van der Waals surface area contributed by atoms with Gasteiger partial charge in [-0.15, -0.1) is 0 Å². The van der Waals surface area contributed by atoms with E-state index in [1.54, 1.807) is 24.3 Å². The van der Waals surface area contributed by atoms with Crippen LogP contribution in [0.2, 0.25) is 0 Å². The Labute approximate surface area is 185 Å². The Morgan fingerprint density at radius 3 is 2.06 bits per heavy atom. The second-order valence-electron chi connectivity index (χ2n) is 5.86. The lowest BCUT2D eigenvalue weighted by Crippen LogP contribution is -2.02. The number of carbonyl (C=O) groups excluding carboxylic acids is 2. The molecule has 0 aliphatic carbocycles. The van der Waals surface area contributed by atoms with Crippen molar-refractivity contribution in [2.75, 3.05) is 21.3 Å². The van der Waals surface area contributed by atoms with E-state index in [0.717, 1.165) is 5.56 Å². The highest BCUT2D eigenvalue weighted by molar-refractivity contribution is 5.97. The van der Waals surface area contributed by atoms with E-state index in [2.05, 4.69) is 21.2 Å². The van der Waals surface area contributed by atoms with Gasteiger partial charge in [-0.1, -0.05) is 18.2 Å². The van der Waals surface area contributed by atoms with Crippen molar-refractivity contribution < 1.29 is 34.0 Å². The van der Waals surface area contributed by atoms with Gasteiger partial charge in [0.15, 0.2) is 11.5 Å². The standard InChI is InChI=1S/C12H11NO4.C11H11NO3/c1-16-11-6-8(3-4-10(11)14)5-9(7-13)12(15)17-2;1-12-10(11(14)15-2)7-8-3-5-9(13)6-4-8/h3-6,14H,1-2H3;3-7,13H,1H2,2H3/b;10-7-. The van der Waals surface area contributed by atoms with Crippen LogP contribution < -0.4 is 4.74 Å². The average Bonchev–Trinajstić information content (AvgIpc) is 2.82. The van der Waals surface area contributed by atoms with Gasteiger partial charge in [0.2, 0.25) is 0 Å². The van der Waals surface area contributed by atoms with Crippen molar-refractivity contribution in [1.82, 2.24) is 0 Å². The van der Waals surface area contributed by atoms with Gasteiger partial charge in [0, 0.05) is 0 Å². The highest BCUT2D eigenvalue weighted by atomic mass is 16.5. The van der Waals surface area contributed by atoms with Gasteiger partial charge in [-0.2, -0.15) is 5.26 Å². The molecule has 0 aliphatic heterocycles. The van der Waals surface area contributed by atoms with Crippen LogP contribution in [0.25, 0.3) is 12.2 Å². The van der Waals surface area contributed by atoms with Gasteiger partial charge in [0.05, 0.1) is 21.3 Å². The summed E-state index contributed by atoms with van der Waals surface area (Å²) < 4.78 is 13.9. The summed E-state index contributed by atoms with van der Waals surface area (Å²) in [7, 11) is 3.89. The molecule has 0 aromatic heterocycles. The Morgan fingerprint density at radius 1 is 0.969 bits per heavy atom. The summed E-state index contributed by atoms with van der Waals surface area (Å²) >= 11 is 0. The number of benzene rings is 2. The molecule has 0 saturated heterocycles. The Bertz CT molecular complexity index is 1060. The maximum absolute atomic E-state index is 11.2. The van der Waals surface area contributed by atoms with Crippen molar-refractivity contribution in [3.63, 3.8) is 0 Å². The predicted molar refractivity (Wildman–Crippen MR) is 118 cm³/mol. The highest BCUT2D eigenvalue weighted by Gasteiger charge is 2.09. The summed E-state index contributed by atoms with van der Waals surface area (Å²) in [6, 6.07) is 12.6. The number of nitrogens with zero attached hydrogens (tertiary/aromatic N) is 2. The average molecular weight is 438 g/mol. The molecule has 0 atom stereocenters. The van der Waals surface area contributed by atoms with Crippen LogP contribution in [0, 0.1) is 11.3 Å². The van der Waals surface area contributed by atoms with Crippen molar-refractivity contribution >= 4 is 30.8 Å². The van der Waals surface area contributed by atoms with Crippen molar-refractivity contribution in [3.8, 4) is 23.3 Å². The molecule has 0 bridgehead atoms. The lowest BCUT2D eigenvalue weighted by Gasteiger charge is -2.04. The molecule has 2 N–H and O–H groups in total. The molecule has 0 spiro atoms. The number of hydrogen-bond acceptors (Lipinski definition) is 9. The number of rotatable bonds is 6. The Hall–Kier alpha value is -4.58. The minimum absolute atomic E-state index is 0.0128. The third kappa shape index (κ3) is 7.68. The smallest absolute Gasteiger partial charge is 0.356 e. The molecule has 9 nitrogen and oxygen atoms in total. The number of hydrogen-bond donors (Lipinski definition) is 2. The molecule has 0 unspecified atom stereocenters. The topological polar surface area (TPSA) is 138 Å². The first-order chi connectivity index (χ1) is 15.3. The molecule has 0 heterocycles. The number of phenols is 2. The molecule has 2 aromatic rings. The lowest BCUT2D eigenvalue weighted by atomic mass is 10.1. The van der Waals surface area contributed by atoms with Gasteiger partial charge in [-0.25, -0.2) is 9.59 Å². The second-order valence-corrected chi connectivity index (χ2v) is 5.86. The summed E-state index contributed by atoms with van der Waals surface area (Å²) in [5.74, 6) is -0.835. The summed E-state index contributed by atoms with van der Waals surface area (Å²) in [6.45, 7) is 3.28. The molecular weight excluding hydrogens is 416 g/mol. The first kappa shape index (κ1) is 25.5. The zero-order valence-corrected chi connectivity index (χ0v) is 17.7. The van der Waals surface area contributed by atoms with Crippen LogP contribution in [0.3, 0.4) is 0 Å². The zero-order chi connectivity index (χ0) is 24.1. The maximum atomic E-state index is 11.2. The fourth-order valence-electron chi connectivity index (χ4n) is 2.20. The summed E-state index contributed by atoms with van der Waals surface area (Å²) in [5, 5.41) is 27.2. The van der Waals surface area contributed by atoms with E-state index in [-0.39, 0.29) is 28.5 Å². The largest absolute Gasteiger partial charge is 0.508 e. The van der Waals surface area contributed by atoms with Crippen LogP contribution in [-0.2, 0) is 19.1 Å². The van der Waals surface area contributed by atoms with Crippen LogP contribution in [0.4, 0.5) is 0 Å². The summed E-state index contributed by atoms with van der Waals surface area (Å²) in [4.78, 5) is 25.9. The van der Waals surface area contributed by atoms with Crippen LogP contribution in [0.5, 0.6) is 17.2 Å². The maximum Gasteiger partial charge on any atom is 0.356 e. The first-order valence-electron chi connectivity index (χ1n) is 8.92. The molecule has 0 aliphatic rings. The van der Waals surface area contributed by atoms with Crippen LogP contribution in [-0.4, -0.2) is 50.2 Å². The van der Waals surface area contributed by atoms with Gasteiger partial charge in [0.25, 0.3) is 0 Å². The van der Waals surface area contributed by atoms with Crippen molar-refractivity contribution in [2.24, 2.45) is 4.99 Å². The third-order valence-electron chi connectivity index (χ3n) is 3.80. The normalized spacial score (nSPS) is 10.7. The number of nitriles is 1. The molecule has 9 heteroatoms. The van der Waals surface area contributed by atoms with Crippen molar-refractivity contribution in [1.29, 1.82) is 5.26 Å². The quantitative estimate of drug-likeness (QED) is 0.304. The van der Waals surface area contributed by atoms with Crippen LogP contribution >= 0.6 is 0 Å². The van der Waals surface area contributed by atoms with Gasteiger partial charge in [-0.05, 0) is 54.3 Å². The highest BCUT2D eigenvalue weighted by Crippen LogP contribution is 2.27. The van der Waals surface area contributed by atoms with Crippen molar-refractivity contribution in [2.45, 2.75) is 0 Å². The van der Waals surface area contributed by atoms with Crippen molar-refractivity contribution in [3.05, 3.63) is 64.9 Å². The molecule has 0 amide bonds. The van der Waals surface area contributed by atoms with E-state index >= 15 is 0 Å². The molecule has 2 rings (SSSR count). The van der Waals surface area contributed by atoms with E-state index in [4.69, 9.17) is 15.1 Å². The number of aromatic hydroxyl groups is 2. The van der Waals surface area contributed by atoms with Gasteiger partial charge in [-0.3, -0.25) is 4.99 Å². The molecule has 2 aromatic carbocycles. The van der Waals surface area contributed by atoms with E-state index in [0.29, 0.717) is 5.56 Å². The number of carbonyl (C=O) groups is 2. The van der Waals surface area contributed by atoms with E-state index in [1.165, 1.54) is 57.7 Å². The monoisotopic (exact) mass is 438 g/mol. The third-order valence-corrected chi connectivity index (χ3v) is 3.80. The minimum Gasteiger partial charge on any atom is -0.508 e. The van der Waals surface area contributed by atoms with E-state index < -0.39 is 11.9 Å². The first-order valence-corrected chi connectivity index (χ1v) is 8.92. The van der Waals surface area contributed by atoms with Gasteiger partial charge in [0.1, 0.15) is 23.1 Å². The van der Waals surface area contributed by atoms with E-state index in [9.17, 15) is 14.7 Å². The number of ether oxygens (including phenoxy) is 3. The predicted octanol–water partition coefficient (Wildman–Crippen LogP) is 3.09. The Kier molecular flexibility index (Phi) is 10.2. The molecule has 32 heavy (non-hydrogen) atoms. The number of esters is 2. The molecular formula is C23H22N2O7. The lowest BCUT2D eigenvalue weighted by molar-refractivity contribution is -0.136. The minimum atomic E-state index is -0.709. The number of aliphatic imine (C=N–C) groups is 1. The number of methoxy groups -OCH3 is 3. The fraction of sp³-hybridized carbons (Fsp3) is 0.130. The summed E-state index contributed by atoms with van der Waals surface area (Å²) in [6.07, 6.45) is 2.88. The van der Waals surface area contributed by atoms with Gasteiger partial charge < -0.3 is 24.4 Å². The number of phenolic OH excluding ortho intramolecular Hbond substituents is 2. The second kappa shape index (κ2) is 12.9. The summed E-state index contributed by atoms with van der Waals surface area (Å²) in [5.41, 5.74) is 1.30. The van der Waals surface area contributed by atoms with Crippen LogP contribution in [0.15, 0.2) is 58.7 Å². The fourth-order valence-corrected chi connectivity index (χ4v) is 2.20. The van der Waals surface area contributed by atoms with E-state index in [1.807, 2.05) is 0 Å². The van der Waals surface area contributed by atoms with Gasteiger partial charge >= 0.3 is 11.9 Å². The Balaban J connectivity index is 0.000000323. The molecule has 0 fully saturated rings. The molecule has 166 valence electrons. The zero-order valence-electron chi connectivity index (χ0n) is 17.7. The molecule has 0 saturated carbocycles. The SMILES string of the molecule is C=N/C(=C\c1ccc(O)cc1)C(=O)OC.COC(=O)C(C#N)=Cc1ccc(O)c(OC)c1. The van der Waals surface area contributed by atoms with Crippen LogP contribution in [0.1, 0.15) is 11.1 Å². The Morgan fingerprint density at radius 2 is 1.56 bits per heavy atom. The molecule has 0 radical (unpaired) electrons.